The second kappa shape index (κ2) is 9.57. The van der Waals surface area contributed by atoms with E-state index in [1.807, 2.05) is 30.3 Å². The summed E-state index contributed by atoms with van der Waals surface area (Å²) in [5, 5.41) is 32.0. The van der Waals surface area contributed by atoms with Gasteiger partial charge in [0.15, 0.2) is 0 Å². The van der Waals surface area contributed by atoms with Gasteiger partial charge in [-0.15, -0.1) is 11.8 Å². The van der Waals surface area contributed by atoms with Crippen molar-refractivity contribution in [2.45, 2.75) is 49.1 Å². The summed E-state index contributed by atoms with van der Waals surface area (Å²) in [7, 11) is 1.63. The van der Waals surface area contributed by atoms with Gasteiger partial charge in [0, 0.05) is 11.1 Å². The lowest BCUT2D eigenvalue weighted by atomic mass is 9.88. The van der Waals surface area contributed by atoms with Gasteiger partial charge in [-0.2, -0.15) is 0 Å². The molecule has 8 heteroatoms. The summed E-state index contributed by atoms with van der Waals surface area (Å²) >= 11 is 8.08. The standard InChI is InChI=1S/C23H27ClO6S/c1-28-14-7-5-12(6-8-14)10-13-11-16(21-15(17(13)24)4-3-9-29-21)22-19(26)18(25)20(27)23(30-22)31-2/h5-8,11,18-20,22-23,25-27H,3-4,9-10H2,1-2H3/t18-,19-,20+,22+,23-/m1/s1. The minimum absolute atomic E-state index is 0.550. The number of rotatable bonds is 5. The van der Waals surface area contributed by atoms with E-state index in [-0.39, 0.29) is 0 Å². The van der Waals surface area contributed by atoms with Gasteiger partial charge in [-0.25, -0.2) is 0 Å². The summed E-state index contributed by atoms with van der Waals surface area (Å²) < 4.78 is 17.2. The summed E-state index contributed by atoms with van der Waals surface area (Å²) in [5.41, 5.74) is 2.84. The molecule has 3 N–H and O–H groups in total. The summed E-state index contributed by atoms with van der Waals surface area (Å²) in [4.78, 5) is 0. The number of thioether (sulfide) groups is 1. The largest absolute Gasteiger partial charge is 0.497 e. The molecule has 0 amide bonds. The van der Waals surface area contributed by atoms with Crippen LogP contribution in [0, 0.1) is 0 Å². The molecule has 2 aromatic carbocycles. The van der Waals surface area contributed by atoms with Crippen LogP contribution in [0.3, 0.4) is 0 Å². The van der Waals surface area contributed by atoms with Crippen LogP contribution in [0.5, 0.6) is 11.5 Å². The Morgan fingerprint density at radius 1 is 1.13 bits per heavy atom. The molecule has 5 atom stereocenters. The van der Waals surface area contributed by atoms with Gasteiger partial charge in [0.05, 0.1) is 18.7 Å². The lowest BCUT2D eigenvalue weighted by molar-refractivity contribution is -0.200. The average Bonchev–Trinajstić information content (AvgIpc) is 2.80. The van der Waals surface area contributed by atoms with Crippen molar-refractivity contribution < 1.29 is 29.5 Å². The van der Waals surface area contributed by atoms with E-state index in [2.05, 4.69) is 0 Å². The van der Waals surface area contributed by atoms with E-state index >= 15 is 0 Å². The molecule has 168 valence electrons. The SMILES string of the molecule is COc1ccc(Cc2cc([C@@H]3O[C@H](SC)[C@@H](O)[C@H](O)[C@H]3O)c3c(c2Cl)CCCO3)cc1. The Kier molecular flexibility index (Phi) is 7.01. The van der Waals surface area contributed by atoms with E-state index < -0.39 is 29.9 Å². The Morgan fingerprint density at radius 3 is 2.55 bits per heavy atom. The molecule has 0 aromatic heterocycles. The summed E-state index contributed by atoms with van der Waals surface area (Å²) in [6.45, 7) is 0.550. The maximum atomic E-state index is 10.7. The van der Waals surface area contributed by atoms with E-state index in [1.54, 1.807) is 13.4 Å². The van der Waals surface area contributed by atoms with Crippen molar-refractivity contribution in [1.29, 1.82) is 0 Å². The zero-order chi connectivity index (χ0) is 22.1. The predicted molar refractivity (Wildman–Crippen MR) is 120 cm³/mol. The Hall–Kier alpha value is -1.48. The summed E-state index contributed by atoms with van der Waals surface area (Å²) in [5.74, 6) is 1.39. The second-order valence-corrected chi connectivity index (χ2v) is 9.17. The molecule has 6 nitrogen and oxygen atoms in total. The molecule has 31 heavy (non-hydrogen) atoms. The summed E-state index contributed by atoms with van der Waals surface area (Å²) in [6, 6.07) is 9.68. The minimum atomic E-state index is -1.32. The molecule has 2 aliphatic rings. The van der Waals surface area contributed by atoms with Crippen LogP contribution in [0.1, 0.15) is 34.8 Å². The lowest BCUT2D eigenvalue weighted by Gasteiger charge is -2.41. The van der Waals surface area contributed by atoms with Crippen molar-refractivity contribution in [3.63, 3.8) is 0 Å². The number of benzene rings is 2. The Morgan fingerprint density at radius 2 is 1.87 bits per heavy atom. The van der Waals surface area contributed by atoms with Gasteiger partial charge in [-0.05, 0) is 54.8 Å². The fourth-order valence-corrected chi connectivity index (χ4v) is 5.18. The van der Waals surface area contributed by atoms with Crippen LogP contribution in [-0.2, 0) is 17.6 Å². The smallest absolute Gasteiger partial charge is 0.132 e. The molecule has 0 unspecified atom stereocenters. The topological polar surface area (TPSA) is 88.4 Å². The van der Waals surface area contributed by atoms with E-state index in [4.69, 9.17) is 25.8 Å². The first-order chi connectivity index (χ1) is 14.9. The normalized spacial score (nSPS) is 28.0. The van der Waals surface area contributed by atoms with Crippen LogP contribution in [-0.4, -0.2) is 59.0 Å². The first-order valence-corrected chi connectivity index (χ1v) is 11.9. The van der Waals surface area contributed by atoms with Crippen molar-refractivity contribution in [2.24, 2.45) is 0 Å². The van der Waals surface area contributed by atoms with Gasteiger partial charge in [-0.3, -0.25) is 0 Å². The van der Waals surface area contributed by atoms with E-state index in [9.17, 15) is 15.3 Å². The quantitative estimate of drug-likeness (QED) is 0.624. The fraction of sp³-hybridized carbons (Fsp3) is 0.478. The molecule has 0 aliphatic carbocycles. The molecule has 0 spiro atoms. The zero-order valence-corrected chi connectivity index (χ0v) is 19.0. The number of hydrogen-bond acceptors (Lipinski definition) is 7. The van der Waals surface area contributed by atoms with Gasteiger partial charge >= 0.3 is 0 Å². The molecule has 1 saturated heterocycles. The number of hydrogen-bond donors (Lipinski definition) is 3. The van der Waals surface area contributed by atoms with Crippen LogP contribution < -0.4 is 9.47 Å². The van der Waals surface area contributed by atoms with Gasteiger partial charge in [0.2, 0.25) is 0 Å². The monoisotopic (exact) mass is 466 g/mol. The predicted octanol–water partition coefficient (Wildman–Crippen LogP) is 3.11. The minimum Gasteiger partial charge on any atom is -0.497 e. The van der Waals surface area contributed by atoms with Crippen molar-refractivity contribution in [3.05, 3.63) is 57.6 Å². The third kappa shape index (κ3) is 4.40. The number of aliphatic hydroxyl groups is 3. The molecule has 0 bridgehead atoms. The molecular weight excluding hydrogens is 440 g/mol. The molecule has 1 fully saturated rings. The zero-order valence-electron chi connectivity index (χ0n) is 17.5. The maximum Gasteiger partial charge on any atom is 0.132 e. The summed E-state index contributed by atoms with van der Waals surface area (Å²) in [6.07, 6.45) is -0.641. The van der Waals surface area contributed by atoms with Crippen LogP contribution in [0.4, 0.5) is 0 Å². The van der Waals surface area contributed by atoms with Crippen molar-refractivity contribution in [1.82, 2.24) is 0 Å². The Labute approximate surface area is 191 Å². The van der Waals surface area contributed by atoms with Crippen LogP contribution >= 0.6 is 23.4 Å². The van der Waals surface area contributed by atoms with Crippen LogP contribution in [0.25, 0.3) is 0 Å². The third-order valence-electron chi connectivity index (χ3n) is 5.89. The van der Waals surface area contributed by atoms with Crippen LogP contribution in [0.2, 0.25) is 5.02 Å². The lowest BCUT2D eigenvalue weighted by Crippen LogP contribution is -2.53. The molecule has 2 aromatic rings. The molecule has 0 radical (unpaired) electrons. The number of fused-ring (bicyclic) bond motifs is 1. The molecular formula is C23H27ClO6S. The first-order valence-electron chi connectivity index (χ1n) is 10.3. The highest BCUT2D eigenvalue weighted by Gasteiger charge is 2.45. The van der Waals surface area contributed by atoms with Crippen molar-refractivity contribution >= 4 is 23.4 Å². The van der Waals surface area contributed by atoms with E-state index in [0.717, 1.165) is 35.3 Å². The average molecular weight is 467 g/mol. The highest BCUT2D eigenvalue weighted by Crippen LogP contribution is 2.45. The van der Waals surface area contributed by atoms with E-state index in [1.165, 1.54) is 11.8 Å². The van der Waals surface area contributed by atoms with Gasteiger partial charge < -0.3 is 29.5 Å². The highest BCUT2D eigenvalue weighted by atomic mass is 35.5. The fourth-order valence-electron chi connectivity index (χ4n) is 4.20. The van der Waals surface area contributed by atoms with Gasteiger partial charge in [0.1, 0.15) is 41.4 Å². The van der Waals surface area contributed by atoms with Gasteiger partial charge in [0.25, 0.3) is 0 Å². The van der Waals surface area contributed by atoms with E-state index in [0.29, 0.717) is 29.4 Å². The number of methoxy groups -OCH3 is 1. The molecule has 4 rings (SSSR count). The molecule has 0 saturated carbocycles. The molecule has 2 heterocycles. The third-order valence-corrected chi connectivity index (χ3v) is 7.22. The Balaban J connectivity index is 1.75. The number of ether oxygens (including phenoxy) is 3. The second-order valence-electron chi connectivity index (χ2n) is 7.86. The maximum absolute atomic E-state index is 10.7. The van der Waals surface area contributed by atoms with Crippen molar-refractivity contribution in [2.75, 3.05) is 20.0 Å². The number of halogens is 1. The first kappa shape index (κ1) is 22.7. The number of aliphatic hydroxyl groups excluding tert-OH is 3. The Bertz CT molecular complexity index is 919. The van der Waals surface area contributed by atoms with Crippen LogP contribution in [0.15, 0.2) is 30.3 Å². The van der Waals surface area contributed by atoms with Gasteiger partial charge in [-0.1, -0.05) is 23.7 Å². The highest BCUT2D eigenvalue weighted by molar-refractivity contribution is 7.99. The molecule has 2 aliphatic heterocycles. The van der Waals surface area contributed by atoms with Crippen molar-refractivity contribution in [3.8, 4) is 11.5 Å².